The van der Waals surface area contributed by atoms with Crippen molar-refractivity contribution in [1.29, 1.82) is 0 Å². The number of alkyl halides is 3. The molecule has 24 heavy (non-hydrogen) atoms. The Hall–Kier alpha value is -2.58. The lowest BCUT2D eigenvalue weighted by Gasteiger charge is -2.16. The van der Waals surface area contributed by atoms with Crippen LogP contribution < -0.4 is 10.8 Å². The molecular formula is C15H9BF5NO2. The molecule has 1 N–H and O–H groups in total. The molecule has 0 aliphatic rings. The third-order valence-corrected chi connectivity index (χ3v) is 3.10. The molecule has 124 valence electrons. The molecule has 0 unspecified atom stereocenters. The van der Waals surface area contributed by atoms with Crippen LogP contribution in [0.1, 0.15) is 15.9 Å². The zero-order chi connectivity index (χ0) is 18.1. The van der Waals surface area contributed by atoms with E-state index in [9.17, 15) is 26.7 Å². The molecule has 0 amide bonds. The van der Waals surface area contributed by atoms with E-state index in [2.05, 4.69) is 10.1 Å². The summed E-state index contributed by atoms with van der Waals surface area (Å²) in [7, 11) is 6.56. The van der Waals surface area contributed by atoms with E-state index in [0.717, 1.165) is 19.2 Å². The number of hydrogen-bond donors (Lipinski definition) is 1. The Bertz CT molecular complexity index is 792. The maximum absolute atomic E-state index is 13.7. The minimum Gasteiger partial charge on any atom is -0.465 e. The summed E-state index contributed by atoms with van der Waals surface area (Å²) >= 11 is 0. The van der Waals surface area contributed by atoms with Gasteiger partial charge in [-0.3, -0.25) is 0 Å². The van der Waals surface area contributed by atoms with Crippen LogP contribution >= 0.6 is 0 Å². The molecule has 0 aliphatic carbocycles. The highest BCUT2D eigenvalue weighted by Crippen LogP contribution is 2.35. The summed E-state index contributed by atoms with van der Waals surface area (Å²) in [6, 6.07) is 3.96. The number of ether oxygens (including phenoxy) is 1. The van der Waals surface area contributed by atoms with Gasteiger partial charge in [0.05, 0.1) is 23.9 Å². The summed E-state index contributed by atoms with van der Waals surface area (Å²) in [6.07, 6.45) is -4.97. The standard InChI is InChI=1S/C15H9BF5NO2/c1-24-14(23)8-5-11(18)9(15(19,20)21)6-13(8)22-12-3-2-7(17)4-10(12)16/h2-6,22H,1H3. The van der Waals surface area contributed by atoms with Crippen molar-refractivity contribution in [3.8, 4) is 0 Å². The molecule has 0 saturated carbocycles. The number of methoxy groups -OCH3 is 1. The van der Waals surface area contributed by atoms with Crippen LogP contribution in [0.3, 0.4) is 0 Å². The largest absolute Gasteiger partial charge is 0.465 e. The fourth-order valence-electron chi connectivity index (χ4n) is 1.97. The van der Waals surface area contributed by atoms with E-state index in [0.29, 0.717) is 12.1 Å². The lowest BCUT2D eigenvalue weighted by atomic mass is 9.93. The van der Waals surface area contributed by atoms with Gasteiger partial charge < -0.3 is 10.1 Å². The van der Waals surface area contributed by atoms with Crippen LogP contribution in [0.4, 0.5) is 33.3 Å². The molecule has 0 fully saturated rings. The second-order valence-corrected chi connectivity index (χ2v) is 4.72. The van der Waals surface area contributed by atoms with Crippen molar-refractivity contribution >= 4 is 30.7 Å². The fourth-order valence-corrected chi connectivity index (χ4v) is 1.97. The minimum atomic E-state index is -4.97. The van der Waals surface area contributed by atoms with Crippen molar-refractivity contribution in [3.05, 3.63) is 53.1 Å². The second kappa shape index (κ2) is 6.50. The van der Waals surface area contributed by atoms with Gasteiger partial charge in [0.1, 0.15) is 19.5 Å². The van der Waals surface area contributed by atoms with Crippen LogP contribution in [-0.4, -0.2) is 20.9 Å². The number of benzene rings is 2. The summed E-state index contributed by atoms with van der Waals surface area (Å²) in [6.45, 7) is 0. The highest BCUT2D eigenvalue weighted by Gasteiger charge is 2.35. The Balaban J connectivity index is 2.58. The van der Waals surface area contributed by atoms with Crippen molar-refractivity contribution in [2.24, 2.45) is 0 Å². The molecule has 9 heteroatoms. The Labute approximate surface area is 134 Å². The van der Waals surface area contributed by atoms with Gasteiger partial charge >= 0.3 is 12.1 Å². The first-order valence-corrected chi connectivity index (χ1v) is 6.44. The van der Waals surface area contributed by atoms with Gasteiger partial charge in [0.25, 0.3) is 0 Å². The van der Waals surface area contributed by atoms with Gasteiger partial charge in [0, 0.05) is 5.69 Å². The molecule has 2 rings (SSSR count). The molecule has 2 aromatic rings. The zero-order valence-electron chi connectivity index (χ0n) is 12.2. The summed E-state index contributed by atoms with van der Waals surface area (Å²) in [5.41, 5.74) is -2.48. The van der Waals surface area contributed by atoms with E-state index in [4.69, 9.17) is 7.85 Å². The van der Waals surface area contributed by atoms with Crippen molar-refractivity contribution in [2.75, 3.05) is 12.4 Å². The summed E-state index contributed by atoms with van der Waals surface area (Å²) in [5, 5.41) is 2.46. The number of esters is 1. The Morgan fingerprint density at radius 2 is 1.79 bits per heavy atom. The van der Waals surface area contributed by atoms with Crippen LogP contribution in [0, 0.1) is 11.6 Å². The first kappa shape index (κ1) is 17.8. The highest BCUT2D eigenvalue weighted by molar-refractivity contribution is 6.36. The van der Waals surface area contributed by atoms with Crippen LogP contribution in [0.2, 0.25) is 0 Å². The predicted molar refractivity (Wildman–Crippen MR) is 77.8 cm³/mol. The van der Waals surface area contributed by atoms with Gasteiger partial charge in [-0.1, -0.05) is 5.46 Å². The Morgan fingerprint density at radius 1 is 1.12 bits per heavy atom. The SMILES string of the molecule is [B]c1cc(F)ccc1Nc1cc(C(F)(F)F)c(F)cc1C(=O)OC. The van der Waals surface area contributed by atoms with Crippen molar-refractivity contribution in [3.63, 3.8) is 0 Å². The van der Waals surface area contributed by atoms with Crippen molar-refractivity contribution < 1.29 is 31.5 Å². The van der Waals surface area contributed by atoms with Gasteiger partial charge in [-0.05, 0) is 30.3 Å². The fraction of sp³-hybridized carbons (Fsp3) is 0.133. The maximum Gasteiger partial charge on any atom is 0.419 e. The molecular weight excluding hydrogens is 332 g/mol. The molecule has 0 atom stereocenters. The monoisotopic (exact) mass is 341 g/mol. The first-order chi connectivity index (χ1) is 11.1. The van der Waals surface area contributed by atoms with Gasteiger partial charge in [0.2, 0.25) is 0 Å². The summed E-state index contributed by atoms with van der Waals surface area (Å²) in [5.74, 6) is -3.33. The van der Waals surface area contributed by atoms with Gasteiger partial charge in [-0.25, -0.2) is 13.6 Å². The summed E-state index contributed by atoms with van der Waals surface area (Å²) in [4.78, 5) is 11.7. The van der Waals surface area contributed by atoms with Gasteiger partial charge in [-0.2, -0.15) is 13.2 Å². The van der Waals surface area contributed by atoms with Gasteiger partial charge in [0.15, 0.2) is 0 Å². The third-order valence-electron chi connectivity index (χ3n) is 3.10. The molecule has 0 spiro atoms. The van der Waals surface area contributed by atoms with E-state index < -0.39 is 34.9 Å². The maximum atomic E-state index is 13.7. The number of anilines is 2. The lowest BCUT2D eigenvalue weighted by Crippen LogP contribution is -2.15. The highest BCUT2D eigenvalue weighted by atomic mass is 19.4. The number of halogens is 5. The number of carbonyl (C=O) groups is 1. The quantitative estimate of drug-likeness (QED) is 0.529. The predicted octanol–water partition coefficient (Wildman–Crippen LogP) is 3.31. The van der Waals surface area contributed by atoms with Gasteiger partial charge in [-0.15, -0.1) is 0 Å². The van der Waals surface area contributed by atoms with Crippen LogP contribution in [-0.2, 0) is 10.9 Å². The topological polar surface area (TPSA) is 38.3 Å². The molecule has 0 aliphatic heterocycles. The zero-order valence-corrected chi connectivity index (χ0v) is 12.2. The lowest BCUT2D eigenvalue weighted by molar-refractivity contribution is -0.139. The number of rotatable bonds is 3. The van der Waals surface area contributed by atoms with Crippen molar-refractivity contribution in [1.82, 2.24) is 0 Å². The number of nitrogens with one attached hydrogen (secondary N) is 1. The second-order valence-electron chi connectivity index (χ2n) is 4.72. The first-order valence-electron chi connectivity index (χ1n) is 6.44. The summed E-state index contributed by atoms with van der Waals surface area (Å²) < 4.78 is 69.7. The van der Waals surface area contributed by atoms with Crippen molar-refractivity contribution in [2.45, 2.75) is 6.18 Å². The molecule has 0 aromatic heterocycles. The molecule has 3 nitrogen and oxygen atoms in total. The minimum absolute atomic E-state index is 0.0429. The average molecular weight is 341 g/mol. The molecule has 0 saturated heterocycles. The van der Waals surface area contributed by atoms with E-state index in [1.165, 1.54) is 6.07 Å². The Morgan fingerprint density at radius 3 is 2.33 bits per heavy atom. The number of carbonyl (C=O) groups excluding carboxylic acids is 1. The molecule has 0 bridgehead atoms. The van der Waals surface area contributed by atoms with Crippen LogP contribution in [0.15, 0.2) is 30.3 Å². The normalized spacial score (nSPS) is 11.2. The van der Waals surface area contributed by atoms with E-state index >= 15 is 0 Å². The Kier molecular flexibility index (Phi) is 4.82. The number of hydrogen-bond acceptors (Lipinski definition) is 3. The van der Waals surface area contributed by atoms with Crippen LogP contribution in [0.5, 0.6) is 0 Å². The molecule has 0 heterocycles. The molecule has 2 radical (unpaired) electrons. The average Bonchev–Trinajstić information content (AvgIpc) is 2.49. The van der Waals surface area contributed by atoms with Crippen LogP contribution in [0.25, 0.3) is 0 Å². The molecule has 2 aromatic carbocycles. The van der Waals surface area contributed by atoms with E-state index in [1.54, 1.807) is 0 Å². The van der Waals surface area contributed by atoms with E-state index in [-0.39, 0.29) is 16.8 Å². The van der Waals surface area contributed by atoms with E-state index in [1.807, 2.05) is 0 Å². The smallest absolute Gasteiger partial charge is 0.419 e. The third kappa shape index (κ3) is 3.66.